The number of hydrogen-bond acceptors (Lipinski definition) is 7. The van der Waals surface area contributed by atoms with E-state index in [2.05, 4.69) is 6.92 Å². The molecule has 5 rings (SSSR count). The Morgan fingerprint density at radius 1 is 1.12 bits per heavy atom. The number of fused-ring (bicyclic) bond motifs is 2. The van der Waals surface area contributed by atoms with Crippen LogP contribution in [0.15, 0.2) is 0 Å². The Morgan fingerprint density at radius 3 is 2.58 bits per heavy atom. The predicted molar refractivity (Wildman–Crippen MR) is 83.1 cm³/mol. The summed E-state index contributed by atoms with van der Waals surface area (Å²) >= 11 is 0. The van der Waals surface area contributed by atoms with Crippen LogP contribution in [-0.2, 0) is 33.6 Å². The summed E-state index contributed by atoms with van der Waals surface area (Å²) in [7, 11) is -3.55. The van der Waals surface area contributed by atoms with E-state index in [0.717, 1.165) is 31.9 Å². The van der Waals surface area contributed by atoms with Crippen molar-refractivity contribution in [3.05, 3.63) is 0 Å². The smallest absolute Gasteiger partial charge is 0.264 e. The standard InChI is InChI=1S/C16H26O7S/c1-10-5-6-12-14(2,9-19-24(4,17)18)20-13-16(12)11(10)7-8-15(3,21-13)22-23-16/h10-13H,5-9H2,1-4H3/t10-,11?,12+,13-,14-,15+,16-/m1/s1. The minimum absolute atomic E-state index is 0.0411. The largest absolute Gasteiger partial charge is 0.340 e. The molecule has 7 nitrogen and oxygen atoms in total. The average Bonchev–Trinajstić information content (AvgIpc) is 2.58. The first-order chi connectivity index (χ1) is 11.1. The molecule has 4 heterocycles. The van der Waals surface area contributed by atoms with E-state index in [9.17, 15) is 8.42 Å². The molecule has 1 aliphatic carbocycles. The highest BCUT2D eigenvalue weighted by molar-refractivity contribution is 7.85. The van der Waals surface area contributed by atoms with Crippen LogP contribution in [-0.4, -0.2) is 44.6 Å². The van der Waals surface area contributed by atoms with Gasteiger partial charge in [0.05, 0.1) is 18.5 Å². The maximum atomic E-state index is 11.5. The summed E-state index contributed by atoms with van der Waals surface area (Å²) in [6.45, 7) is 5.95. The van der Waals surface area contributed by atoms with Crippen molar-refractivity contribution in [2.75, 3.05) is 12.9 Å². The molecule has 138 valence electrons. The van der Waals surface area contributed by atoms with E-state index in [1.807, 2.05) is 13.8 Å². The van der Waals surface area contributed by atoms with Crippen LogP contribution < -0.4 is 0 Å². The molecule has 2 bridgehead atoms. The third kappa shape index (κ3) is 2.38. The first kappa shape index (κ1) is 17.2. The Balaban J connectivity index is 1.72. The van der Waals surface area contributed by atoms with Crippen LogP contribution in [0, 0.1) is 17.8 Å². The molecule has 1 spiro atoms. The first-order valence-corrected chi connectivity index (χ1v) is 10.5. The Labute approximate surface area is 143 Å². The molecule has 4 saturated heterocycles. The lowest BCUT2D eigenvalue weighted by atomic mass is 9.60. The lowest BCUT2D eigenvalue weighted by molar-refractivity contribution is -0.541. The highest BCUT2D eigenvalue weighted by atomic mass is 32.2. The van der Waals surface area contributed by atoms with Crippen LogP contribution in [0.1, 0.15) is 46.5 Å². The Hall–Kier alpha value is -0.250. The summed E-state index contributed by atoms with van der Waals surface area (Å²) in [5.41, 5.74) is -1.48. The summed E-state index contributed by atoms with van der Waals surface area (Å²) in [5.74, 6) is -0.134. The SMILES string of the molecule is C[C@@H]1CC[C@@H]2[C@]34OO[C@@](C)(CCC13)O[C@H]4O[C@]2(C)COS(C)(=O)=O. The van der Waals surface area contributed by atoms with Gasteiger partial charge in [0.25, 0.3) is 10.1 Å². The van der Waals surface area contributed by atoms with Crippen molar-refractivity contribution < 1.29 is 31.8 Å². The molecular formula is C16H26O7S. The van der Waals surface area contributed by atoms with Gasteiger partial charge >= 0.3 is 0 Å². The Bertz CT molecular complexity index is 636. The second kappa shape index (κ2) is 5.14. The van der Waals surface area contributed by atoms with Gasteiger partial charge in [0.2, 0.25) is 5.79 Å². The van der Waals surface area contributed by atoms with E-state index >= 15 is 0 Å². The van der Waals surface area contributed by atoms with Crippen LogP contribution in [0.2, 0.25) is 0 Å². The summed E-state index contributed by atoms with van der Waals surface area (Å²) in [6.07, 6.45) is 4.09. The van der Waals surface area contributed by atoms with E-state index in [0.29, 0.717) is 5.92 Å². The molecule has 0 radical (unpaired) electrons. The van der Waals surface area contributed by atoms with Gasteiger partial charge in [-0.3, -0.25) is 4.18 Å². The van der Waals surface area contributed by atoms with Crippen LogP contribution >= 0.6 is 0 Å². The van der Waals surface area contributed by atoms with Crippen molar-refractivity contribution in [1.82, 2.24) is 0 Å². The van der Waals surface area contributed by atoms with Gasteiger partial charge < -0.3 is 9.47 Å². The number of hydrogen-bond donors (Lipinski definition) is 0. The zero-order valence-corrected chi connectivity index (χ0v) is 15.4. The van der Waals surface area contributed by atoms with Crippen molar-refractivity contribution in [3.63, 3.8) is 0 Å². The maximum absolute atomic E-state index is 11.5. The predicted octanol–water partition coefficient (Wildman–Crippen LogP) is 1.97. The molecule has 4 aliphatic heterocycles. The summed E-state index contributed by atoms with van der Waals surface area (Å²) in [6, 6.07) is 0. The molecule has 0 N–H and O–H groups in total. The zero-order valence-electron chi connectivity index (χ0n) is 14.6. The fraction of sp³-hybridized carbons (Fsp3) is 1.00. The molecule has 0 amide bonds. The third-order valence-corrected chi connectivity index (χ3v) is 6.94. The van der Waals surface area contributed by atoms with Gasteiger partial charge in [-0.2, -0.15) is 8.42 Å². The monoisotopic (exact) mass is 362 g/mol. The minimum atomic E-state index is -3.55. The minimum Gasteiger partial charge on any atom is -0.340 e. The van der Waals surface area contributed by atoms with E-state index < -0.39 is 33.4 Å². The molecule has 1 saturated carbocycles. The van der Waals surface area contributed by atoms with Crippen molar-refractivity contribution >= 4 is 10.1 Å². The van der Waals surface area contributed by atoms with Gasteiger partial charge in [-0.15, -0.1) is 0 Å². The molecule has 8 heteroatoms. The van der Waals surface area contributed by atoms with Gasteiger partial charge in [-0.25, -0.2) is 9.78 Å². The molecular weight excluding hydrogens is 336 g/mol. The second-order valence-electron chi connectivity index (χ2n) is 8.25. The highest BCUT2D eigenvalue weighted by Gasteiger charge is 2.74. The quantitative estimate of drug-likeness (QED) is 0.561. The van der Waals surface area contributed by atoms with Gasteiger partial charge in [0, 0.05) is 12.3 Å². The van der Waals surface area contributed by atoms with Gasteiger partial charge in [-0.05, 0) is 44.9 Å². The second-order valence-corrected chi connectivity index (χ2v) is 9.90. The van der Waals surface area contributed by atoms with E-state index in [-0.39, 0.29) is 18.4 Å². The molecule has 5 fully saturated rings. The normalized spacial score (nSPS) is 53.7. The van der Waals surface area contributed by atoms with E-state index in [4.69, 9.17) is 23.4 Å². The van der Waals surface area contributed by atoms with Gasteiger partial charge in [0.15, 0.2) is 11.9 Å². The molecule has 0 aromatic rings. The Morgan fingerprint density at radius 2 is 1.88 bits per heavy atom. The highest BCUT2D eigenvalue weighted by Crippen LogP contribution is 2.63. The van der Waals surface area contributed by atoms with Gasteiger partial charge in [-0.1, -0.05) is 6.92 Å². The first-order valence-electron chi connectivity index (χ1n) is 8.65. The molecule has 1 unspecified atom stereocenters. The van der Waals surface area contributed by atoms with Crippen LogP contribution in [0.4, 0.5) is 0 Å². The van der Waals surface area contributed by atoms with E-state index in [1.165, 1.54) is 0 Å². The van der Waals surface area contributed by atoms with Crippen molar-refractivity contribution in [3.8, 4) is 0 Å². The Kier molecular flexibility index (Phi) is 3.68. The maximum Gasteiger partial charge on any atom is 0.264 e. The molecule has 0 aromatic carbocycles. The third-order valence-electron chi connectivity index (χ3n) is 6.39. The summed E-state index contributed by atoms with van der Waals surface area (Å²) in [4.78, 5) is 11.7. The fourth-order valence-electron chi connectivity index (χ4n) is 5.17. The lowest BCUT2D eigenvalue weighted by Crippen LogP contribution is -2.62. The van der Waals surface area contributed by atoms with Crippen LogP contribution in [0.5, 0.6) is 0 Å². The topological polar surface area (TPSA) is 80.3 Å². The van der Waals surface area contributed by atoms with Crippen molar-refractivity contribution in [2.24, 2.45) is 17.8 Å². The lowest BCUT2D eigenvalue weighted by Gasteiger charge is -2.50. The summed E-state index contributed by atoms with van der Waals surface area (Å²) in [5, 5.41) is 0. The molecule has 5 aliphatic rings. The van der Waals surface area contributed by atoms with Crippen molar-refractivity contribution in [2.45, 2.75) is 69.7 Å². The van der Waals surface area contributed by atoms with E-state index in [1.54, 1.807) is 0 Å². The average molecular weight is 362 g/mol. The van der Waals surface area contributed by atoms with Crippen LogP contribution in [0.25, 0.3) is 0 Å². The molecule has 7 atom stereocenters. The molecule has 0 aromatic heterocycles. The van der Waals surface area contributed by atoms with Crippen molar-refractivity contribution in [1.29, 1.82) is 0 Å². The van der Waals surface area contributed by atoms with Crippen LogP contribution in [0.3, 0.4) is 0 Å². The fourth-order valence-corrected chi connectivity index (χ4v) is 5.62. The molecule has 24 heavy (non-hydrogen) atoms. The summed E-state index contributed by atoms with van der Waals surface area (Å²) < 4.78 is 40.4. The number of ether oxygens (including phenoxy) is 2. The number of rotatable bonds is 3. The zero-order chi connectivity index (χ0) is 17.4. The van der Waals surface area contributed by atoms with Gasteiger partial charge in [0.1, 0.15) is 0 Å².